The van der Waals surface area contributed by atoms with Crippen LogP contribution >= 0.6 is 11.6 Å². The van der Waals surface area contributed by atoms with E-state index in [2.05, 4.69) is 4.98 Å². The summed E-state index contributed by atoms with van der Waals surface area (Å²) in [5.41, 5.74) is -1.85. The first-order valence-electron chi connectivity index (χ1n) is 5.47. The number of carboxylic acids is 1. The number of pyridine rings is 1. The molecule has 2 aromatic rings. The zero-order valence-electron chi connectivity index (χ0n) is 10.1. The molecule has 1 aromatic carbocycles. The summed E-state index contributed by atoms with van der Waals surface area (Å²) in [6.45, 7) is 0. The third-order valence-electron chi connectivity index (χ3n) is 2.62. The van der Waals surface area contributed by atoms with Crippen LogP contribution in [0.25, 0.3) is 11.3 Å². The maximum Gasteiger partial charge on any atom is 0.419 e. The van der Waals surface area contributed by atoms with Gasteiger partial charge in [-0.25, -0.2) is 14.2 Å². The third-order valence-corrected chi connectivity index (χ3v) is 2.92. The van der Waals surface area contributed by atoms with Crippen LogP contribution in [0.5, 0.6) is 0 Å². The van der Waals surface area contributed by atoms with Crippen molar-refractivity contribution in [3.63, 3.8) is 0 Å². The number of aromatic carboxylic acids is 1. The predicted molar refractivity (Wildman–Crippen MR) is 66.6 cm³/mol. The lowest BCUT2D eigenvalue weighted by Gasteiger charge is -2.09. The van der Waals surface area contributed by atoms with Crippen LogP contribution in [0.4, 0.5) is 17.6 Å². The van der Waals surface area contributed by atoms with Gasteiger partial charge in [-0.1, -0.05) is 17.7 Å². The van der Waals surface area contributed by atoms with Crippen molar-refractivity contribution in [2.45, 2.75) is 6.18 Å². The number of rotatable bonds is 2. The molecule has 0 unspecified atom stereocenters. The Labute approximate surface area is 120 Å². The van der Waals surface area contributed by atoms with Crippen LogP contribution < -0.4 is 0 Å². The van der Waals surface area contributed by atoms with Crippen molar-refractivity contribution >= 4 is 17.6 Å². The van der Waals surface area contributed by atoms with E-state index < -0.39 is 29.2 Å². The molecule has 0 atom stereocenters. The maximum atomic E-state index is 13.5. The van der Waals surface area contributed by atoms with Gasteiger partial charge >= 0.3 is 12.1 Å². The molecular weight excluding hydrogens is 314 g/mol. The largest absolute Gasteiger partial charge is 0.476 e. The lowest BCUT2D eigenvalue weighted by atomic mass is 10.1. The van der Waals surface area contributed by atoms with Crippen LogP contribution in [0.2, 0.25) is 5.02 Å². The number of nitrogens with zero attached hydrogens (tertiary/aromatic N) is 1. The predicted octanol–water partition coefficient (Wildman–Crippen LogP) is 4.26. The van der Waals surface area contributed by atoms with Gasteiger partial charge in [-0.05, 0) is 24.3 Å². The van der Waals surface area contributed by atoms with Gasteiger partial charge in [0.05, 0.1) is 16.3 Å². The standard InChI is InChI=1S/C13H6ClF4NO2/c14-8-3-4-10(19-11(8)12(20)21)6-1-2-7(9(15)5-6)13(16,17)18/h1-5H,(H,20,21). The van der Waals surface area contributed by atoms with Crippen LogP contribution in [0.15, 0.2) is 30.3 Å². The quantitative estimate of drug-likeness (QED) is 0.841. The summed E-state index contributed by atoms with van der Waals surface area (Å²) in [5, 5.41) is 8.75. The van der Waals surface area contributed by atoms with Gasteiger partial charge in [0.15, 0.2) is 5.69 Å². The van der Waals surface area contributed by atoms with Gasteiger partial charge in [0.2, 0.25) is 0 Å². The van der Waals surface area contributed by atoms with E-state index in [0.717, 1.165) is 6.07 Å². The second kappa shape index (κ2) is 5.33. The molecule has 21 heavy (non-hydrogen) atoms. The Kier molecular flexibility index (Phi) is 3.87. The van der Waals surface area contributed by atoms with E-state index in [4.69, 9.17) is 16.7 Å². The van der Waals surface area contributed by atoms with Crippen molar-refractivity contribution in [1.82, 2.24) is 4.98 Å². The highest BCUT2D eigenvalue weighted by atomic mass is 35.5. The van der Waals surface area contributed by atoms with Crippen LogP contribution in [-0.2, 0) is 6.18 Å². The molecule has 2 rings (SSSR count). The van der Waals surface area contributed by atoms with Crippen LogP contribution in [-0.4, -0.2) is 16.1 Å². The van der Waals surface area contributed by atoms with Gasteiger partial charge in [0.25, 0.3) is 0 Å². The molecule has 0 aliphatic heterocycles. The number of hydrogen-bond acceptors (Lipinski definition) is 2. The minimum Gasteiger partial charge on any atom is -0.476 e. The van der Waals surface area contributed by atoms with Crippen LogP contribution in [0.1, 0.15) is 16.1 Å². The van der Waals surface area contributed by atoms with Crippen molar-refractivity contribution in [2.24, 2.45) is 0 Å². The van der Waals surface area contributed by atoms with Crippen LogP contribution in [0, 0.1) is 5.82 Å². The second-order valence-electron chi connectivity index (χ2n) is 4.02. The van der Waals surface area contributed by atoms with E-state index in [1.165, 1.54) is 12.1 Å². The Morgan fingerprint density at radius 2 is 1.86 bits per heavy atom. The molecule has 0 radical (unpaired) electrons. The van der Waals surface area contributed by atoms with Gasteiger partial charge in [-0.3, -0.25) is 0 Å². The molecular formula is C13H6ClF4NO2. The first-order chi connectivity index (χ1) is 9.70. The van der Waals surface area contributed by atoms with Crippen molar-refractivity contribution in [1.29, 1.82) is 0 Å². The smallest absolute Gasteiger partial charge is 0.419 e. The fourth-order valence-corrected chi connectivity index (χ4v) is 1.84. The molecule has 0 saturated heterocycles. The van der Waals surface area contributed by atoms with E-state index in [-0.39, 0.29) is 16.3 Å². The summed E-state index contributed by atoms with van der Waals surface area (Å²) in [6.07, 6.45) is -4.80. The number of aromatic nitrogens is 1. The summed E-state index contributed by atoms with van der Waals surface area (Å²) in [4.78, 5) is 14.6. The molecule has 110 valence electrons. The number of alkyl halides is 3. The summed E-state index contributed by atoms with van der Waals surface area (Å²) in [5.74, 6) is -2.86. The van der Waals surface area contributed by atoms with Gasteiger partial charge < -0.3 is 5.11 Å². The zero-order chi connectivity index (χ0) is 15.8. The molecule has 0 aliphatic carbocycles. The van der Waals surface area contributed by atoms with E-state index >= 15 is 0 Å². The molecule has 0 aliphatic rings. The molecule has 8 heteroatoms. The normalized spacial score (nSPS) is 11.5. The number of benzene rings is 1. The maximum absolute atomic E-state index is 13.5. The van der Waals surface area contributed by atoms with Crippen molar-refractivity contribution in [3.05, 3.63) is 52.4 Å². The van der Waals surface area contributed by atoms with Crippen molar-refractivity contribution in [2.75, 3.05) is 0 Å². The first kappa shape index (κ1) is 15.2. The molecule has 0 fully saturated rings. The lowest BCUT2D eigenvalue weighted by Crippen LogP contribution is -2.08. The summed E-state index contributed by atoms with van der Waals surface area (Å²) in [6, 6.07) is 4.74. The molecule has 1 N–H and O–H groups in total. The average molecular weight is 320 g/mol. The molecule has 1 aromatic heterocycles. The first-order valence-corrected chi connectivity index (χ1v) is 5.85. The van der Waals surface area contributed by atoms with Gasteiger partial charge in [-0.2, -0.15) is 13.2 Å². The third kappa shape index (κ3) is 3.13. The Morgan fingerprint density at radius 1 is 1.19 bits per heavy atom. The highest BCUT2D eigenvalue weighted by molar-refractivity contribution is 6.33. The van der Waals surface area contributed by atoms with E-state index in [0.29, 0.717) is 12.1 Å². The Morgan fingerprint density at radius 3 is 2.38 bits per heavy atom. The fourth-order valence-electron chi connectivity index (χ4n) is 1.66. The minimum atomic E-state index is -4.80. The van der Waals surface area contributed by atoms with Gasteiger partial charge in [0, 0.05) is 5.56 Å². The Hall–Kier alpha value is -2.15. The zero-order valence-corrected chi connectivity index (χ0v) is 10.8. The van der Waals surface area contributed by atoms with E-state index in [1.807, 2.05) is 0 Å². The second-order valence-corrected chi connectivity index (χ2v) is 4.43. The molecule has 1 heterocycles. The van der Waals surface area contributed by atoms with Crippen molar-refractivity contribution < 1.29 is 27.5 Å². The number of carboxylic acid groups (broad SMARTS) is 1. The molecule has 0 saturated carbocycles. The highest BCUT2D eigenvalue weighted by Crippen LogP contribution is 2.33. The molecule has 3 nitrogen and oxygen atoms in total. The number of hydrogen-bond donors (Lipinski definition) is 1. The Balaban J connectivity index is 2.51. The summed E-state index contributed by atoms with van der Waals surface area (Å²) in [7, 11) is 0. The summed E-state index contributed by atoms with van der Waals surface area (Å²) < 4.78 is 50.8. The van der Waals surface area contributed by atoms with E-state index in [9.17, 15) is 22.4 Å². The molecule has 0 spiro atoms. The minimum absolute atomic E-state index is 0.00410. The van der Waals surface area contributed by atoms with Gasteiger partial charge in [0.1, 0.15) is 5.82 Å². The molecule has 0 amide bonds. The van der Waals surface area contributed by atoms with E-state index in [1.54, 1.807) is 0 Å². The Bertz CT molecular complexity index is 716. The van der Waals surface area contributed by atoms with Crippen LogP contribution in [0.3, 0.4) is 0 Å². The summed E-state index contributed by atoms with van der Waals surface area (Å²) >= 11 is 5.63. The van der Waals surface area contributed by atoms with Crippen molar-refractivity contribution in [3.8, 4) is 11.3 Å². The lowest BCUT2D eigenvalue weighted by molar-refractivity contribution is -0.139. The topological polar surface area (TPSA) is 50.2 Å². The SMILES string of the molecule is O=C(O)c1nc(-c2ccc(C(F)(F)F)c(F)c2)ccc1Cl. The molecule has 0 bridgehead atoms. The van der Waals surface area contributed by atoms with Gasteiger partial charge in [-0.15, -0.1) is 0 Å². The average Bonchev–Trinajstić information content (AvgIpc) is 2.37. The number of halogens is 5. The fraction of sp³-hybridized carbons (Fsp3) is 0.0769. The highest BCUT2D eigenvalue weighted by Gasteiger charge is 2.34. The monoisotopic (exact) mass is 319 g/mol. The number of carbonyl (C=O) groups is 1.